The quantitative estimate of drug-likeness (QED) is 0.829. The van der Waals surface area contributed by atoms with Crippen molar-refractivity contribution in [3.05, 3.63) is 64.7 Å². The molecule has 134 valence electrons. The summed E-state index contributed by atoms with van der Waals surface area (Å²) in [5.74, 6) is 0.534. The van der Waals surface area contributed by atoms with E-state index >= 15 is 0 Å². The minimum absolute atomic E-state index is 0.0432. The summed E-state index contributed by atoms with van der Waals surface area (Å²) in [4.78, 5) is 16.7. The molecule has 2 aromatic carbocycles. The fraction of sp³-hybridized carbons (Fsp3) is 0.300. The van der Waals surface area contributed by atoms with Gasteiger partial charge in [-0.2, -0.15) is 5.26 Å². The average Bonchev–Trinajstić information content (AvgIpc) is 2.68. The van der Waals surface area contributed by atoms with Crippen molar-refractivity contribution in [2.75, 3.05) is 33.3 Å². The van der Waals surface area contributed by atoms with Crippen molar-refractivity contribution in [3.8, 4) is 11.8 Å². The zero-order chi connectivity index (χ0) is 18.5. The molecule has 0 radical (unpaired) electrons. The van der Waals surface area contributed by atoms with Crippen LogP contribution in [0.4, 0.5) is 0 Å². The molecule has 1 atom stereocenters. The zero-order valence-electron chi connectivity index (χ0n) is 14.6. The first-order valence-corrected chi connectivity index (χ1v) is 8.83. The zero-order valence-corrected chi connectivity index (χ0v) is 15.3. The van der Waals surface area contributed by atoms with Gasteiger partial charge in [0, 0.05) is 31.2 Å². The van der Waals surface area contributed by atoms with Crippen LogP contribution in [0.25, 0.3) is 0 Å². The van der Waals surface area contributed by atoms with Gasteiger partial charge in [0.25, 0.3) is 5.91 Å². The van der Waals surface area contributed by atoms with Crippen LogP contribution in [-0.2, 0) is 0 Å². The van der Waals surface area contributed by atoms with Crippen LogP contribution in [0.15, 0.2) is 48.5 Å². The summed E-state index contributed by atoms with van der Waals surface area (Å²) in [6.45, 7) is 2.39. The SMILES string of the molecule is COc1ccccc1C(=O)N1CCN(C(C#N)c2cccc(Cl)c2)CC1. The first-order chi connectivity index (χ1) is 12.6. The van der Waals surface area contributed by atoms with Gasteiger partial charge in [0.1, 0.15) is 11.8 Å². The molecule has 0 saturated carbocycles. The summed E-state index contributed by atoms with van der Waals surface area (Å²) in [5.41, 5.74) is 1.44. The Morgan fingerprint density at radius 3 is 2.54 bits per heavy atom. The van der Waals surface area contributed by atoms with Gasteiger partial charge < -0.3 is 9.64 Å². The van der Waals surface area contributed by atoms with E-state index in [1.807, 2.05) is 30.3 Å². The Kier molecular flexibility index (Phi) is 5.77. The van der Waals surface area contributed by atoms with Crippen molar-refractivity contribution in [2.45, 2.75) is 6.04 Å². The molecule has 0 aromatic heterocycles. The number of nitrogens with zero attached hydrogens (tertiary/aromatic N) is 3. The van der Waals surface area contributed by atoms with Gasteiger partial charge in [-0.15, -0.1) is 0 Å². The largest absolute Gasteiger partial charge is 0.496 e. The molecule has 1 heterocycles. The Balaban J connectivity index is 1.69. The molecule has 1 aliphatic rings. The molecule has 2 aromatic rings. The van der Waals surface area contributed by atoms with Crippen molar-refractivity contribution in [2.24, 2.45) is 0 Å². The number of carbonyl (C=O) groups excluding carboxylic acids is 1. The van der Waals surface area contributed by atoms with Crippen molar-refractivity contribution in [3.63, 3.8) is 0 Å². The number of para-hydroxylation sites is 1. The number of piperazine rings is 1. The maximum atomic E-state index is 12.8. The van der Waals surface area contributed by atoms with E-state index in [2.05, 4.69) is 11.0 Å². The number of amides is 1. The third-order valence-corrected chi connectivity index (χ3v) is 4.83. The Morgan fingerprint density at radius 2 is 1.88 bits per heavy atom. The Bertz CT molecular complexity index is 826. The Hall–Kier alpha value is -2.55. The van der Waals surface area contributed by atoms with E-state index in [9.17, 15) is 10.1 Å². The monoisotopic (exact) mass is 369 g/mol. The van der Waals surface area contributed by atoms with E-state index < -0.39 is 0 Å². The molecular weight excluding hydrogens is 350 g/mol. The summed E-state index contributed by atoms with van der Waals surface area (Å²) in [7, 11) is 1.56. The predicted molar refractivity (Wildman–Crippen MR) is 100 cm³/mol. The fourth-order valence-electron chi connectivity index (χ4n) is 3.22. The number of nitriles is 1. The van der Waals surface area contributed by atoms with Gasteiger partial charge in [0.15, 0.2) is 0 Å². The smallest absolute Gasteiger partial charge is 0.257 e. The lowest BCUT2D eigenvalue weighted by molar-refractivity contribution is 0.0603. The topological polar surface area (TPSA) is 56.6 Å². The molecular formula is C20H20ClN3O2. The maximum Gasteiger partial charge on any atom is 0.257 e. The van der Waals surface area contributed by atoms with Gasteiger partial charge in [-0.3, -0.25) is 9.69 Å². The first kappa shape index (κ1) is 18.2. The second-order valence-corrected chi connectivity index (χ2v) is 6.55. The predicted octanol–water partition coefficient (Wildman–Crippen LogP) is 3.37. The number of benzene rings is 2. The molecule has 3 rings (SSSR count). The molecule has 1 aliphatic heterocycles. The number of ether oxygens (including phenoxy) is 1. The Labute approximate surface area is 158 Å². The fourth-order valence-corrected chi connectivity index (χ4v) is 3.42. The molecule has 5 nitrogen and oxygen atoms in total. The molecule has 1 unspecified atom stereocenters. The molecule has 26 heavy (non-hydrogen) atoms. The highest BCUT2D eigenvalue weighted by molar-refractivity contribution is 6.30. The molecule has 0 aliphatic carbocycles. The van der Waals surface area contributed by atoms with Gasteiger partial charge in [-0.1, -0.05) is 35.9 Å². The number of hydrogen-bond donors (Lipinski definition) is 0. The maximum absolute atomic E-state index is 12.8. The van der Waals surface area contributed by atoms with Crippen molar-refractivity contribution in [1.82, 2.24) is 9.80 Å². The van der Waals surface area contributed by atoms with E-state index in [1.54, 1.807) is 30.2 Å². The highest BCUT2D eigenvalue weighted by atomic mass is 35.5. The summed E-state index contributed by atoms with van der Waals surface area (Å²) >= 11 is 6.05. The van der Waals surface area contributed by atoms with Crippen LogP contribution in [0.3, 0.4) is 0 Å². The van der Waals surface area contributed by atoms with E-state index in [4.69, 9.17) is 16.3 Å². The van der Waals surface area contributed by atoms with Crippen molar-refractivity contribution in [1.29, 1.82) is 5.26 Å². The van der Waals surface area contributed by atoms with Crippen LogP contribution in [0.2, 0.25) is 5.02 Å². The highest BCUT2D eigenvalue weighted by Gasteiger charge is 2.28. The number of methoxy groups -OCH3 is 1. The lowest BCUT2D eigenvalue weighted by Crippen LogP contribution is -2.49. The number of carbonyl (C=O) groups is 1. The molecule has 1 fully saturated rings. The van der Waals surface area contributed by atoms with Gasteiger partial charge in [-0.05, 0) is 29.8 Å². The molecule has 6 heteroatoms. The lowest BCUT2D eigenvalue weighted by Gasteiger charge is -2.37. The summed E-state index contributed by atoms with van der Waals surface area (Å²) in [5, 5.41) is 10.2. The van der Waals surface area contributed by atoms with Crippen molar-refractivity contribution < 1.29 is 9.53 Å². The van der Waals surface area contributed by atoms with Gasteiger partial charge in [-0.25, -0.2) is 0 Å². The molecule has 1 saturated heterocycles. The highest BCUT2D eigenvalue weighted by Crippen LogP contribution is 2.25. The summed E-state index contributed by atoms with van der Waals surface area (Å²) in [6, 6.07) is 16.6. The molecule has 1 amide bonds. The first-order valence-electron chi connectivity index (χ1n) is 8.45. The minimum Gasteiger partial charge on any atom is -0.496 e. The number of hydrogen-bond acceptors (Lipinski definition) is 4. The average molecular weight is 370 g/mol. The minimum atomic E-state index is -0.364. The van der Waals surface area contributed by atoms with Crippen LogP contribution in [0, 0.1) is 11.3 Å². The summed E-state index contributed by atoms with van der Waals surface area (Å²) < 4.78 is 5.29. The molecule has 0 bridgehead atoms. The van der Waals surface area contributed by atoms with Crippen LogP contribution in [0.5, 0.6) is 5.75 Å². The van der Waals surface area contributed by atoms with Crippen LogP contribution in [0.1, 0.15) is 22.0 Å². The number of halogens is 1. The van der Waals surface area contributed by atoms with Gasteiger partial charge >= 0.3 is 0 Å². The Morgan fingerprint density at radius 1 is 1.15 bits per heavy atom. The van der Waals surface area contributed by atoms with E-state index in [1.165, 1.54) is 0 Å². The van der Waals surface area contributed by atoms with Gasteiger partial charge in [0.05, 0.1) is 18.7 Å². The lowest BCUT2D eigenvalue weighted by atomic mass is 10.1. The van der Waals surface area contributed by atoms with Gasteiger partial charge in [0.2, 0.25) is 0 Å². The summed E-state index contributed by atoms with van der Waals surface area (Å²) in [6.07, 6.45) is 0. The normalized spacial score (nSPS) is 16.0. The van der Waals surface area contributed by atoms with E-state index in [0.717, 1.165) is 5.56 Å². The second-order valence-electron chi connectivity index (χ2n) is 6.12. The number of rotatable bonds is 4. The van der Waals surface area contributed by atoms with Crippen LogP contribution in [-0.4, -0.2) is 49.0 Å². The van der Waals surface area contributed by atoms with Crippen LogP contribution < -0.4 is 4.74 Å². The van der Waals surface area contributed by atoms with E-state index in [-0.39, 0.29) is 11.9 Å². The van der Waals surface area contributed by atoms with Crippen LogP contribution >= 0.6 is 11.6 Å². The van der Waals surface area contributed by atoms with E-state index in [0.29, 0.717) is 42.5 Å². The van der Waals surface area contributed by atoms with Crippen molar-refractivity contribution >= 4 is 17.5 Å². The third kappa shape index (κ3) is 3.82. The molecule has 0 spiro atoms. The standard InChI is InChI=1S/C20H20ClN3O2/c1-26-19-8-3-2-7-17(19)20(25)24-11-9-23(10-12-24)18(14-22)15-5-4-6-16(21)13-15/h2-8,13,18H,9-12H2,1H3. The molecule has 0 N–H and O–H groups in total. The second kappa shape index (κ2) is 8.22. The third-order valence-electron chi connectivity index (χ3n) is 4.59.